The van der Waals surface area contributed by atoms with E-state index in [2.05, 4.69) is 0 Å². The maximum Gasteiger partial charge on any atom is 0.416 e. The Hall–Kier alpha value is -2.03. The van der Waals surface area contributed by atoms with Crippen molar-refractivity contribution in [2.24, 2.45) is 5.92 Å². The summed E-state index contributed by atoms with van der Waals surface area (Å²) < 4.78 is 37.3. The van der Waals surface area contributed by atoms with Crippen molar-refractivity contribution in [1.82, 2.24) is 0 Å². The van der Waals surface area contributed by atoms with E-state index in [1.165, 1.54) is 17.0 Å². The van der Waals surface area contributed by atoms with Gasteiger partial charge in [-0.2, -0.15) is 18.4 Å². The van der Waals surface area contributed by atoms with Gasteiger partial charge in [0, 0.05) is 12.1 Å². The number of carbonyl (C=O) groups excluding carboxylic acids is 1. The number of halogens is 3. The number of benzene rings is 1. The Bertz CT molecular complexity index is 530. The minimum Gasteiger partial charge on any atom is -0.308 e. The maximum absolute atomic E-state index is 12.4. The second kappa shape index (κ2) is 4.57. The van der Waals surface area contributed by atoms with Crippen LogP contribution in [0.1, 0.15) is 18.9 Å². The second-order valence-electron chi connectivity index (χ2n) is 4.49. The summed E-state index contributed by atoms with van der Waals surface area (Å²) in [5.74, 6) is -0.659. The molecule has 0 aromatic heterocycles. The molecule has 100 valence electrons. The summed E-state index contributed by atoms with van der Waals surface area (Å²) in [6, 6.07) is 6.11. The number of anilines is 1. The summed E-state index contributed by atoms with van der Waals surface area (Å²) in [6.07, 6.45) is -4.28. The van der Waals surface area contributed by atoms with Crippen molar-refractivity contribution in [2.45, 2.75) is 25.6 Å². The number of nitriles is 1. The first-order chi connectivity index (χ1) is 8.84. The summed E-state index contributed by atoms with van der Waals surface area (Å²) in [5, 5.41) is 8.89. The van der Waals surface area contributed by atoms with Gasteiger partial charge in [0.2, 0.25) is 5.91 Å². The van der Waals surface area contributed by atoms with Gasteiger partial charge in [-0.3, -0.25) is 4.79 Å². The molecule has 1 heterocycles. The predicted octanol–water partition coefficient (Wildman–Crippen LogP) is 2.97. The Morgan fingerprint density at radius 1 is 1.32 bits per heavy atom. The number of alkyl halides is 3. The lowest BCUT2D eigenvalue weighted by Crippen LogP contribution is -2.32. The van der Waals surface area contributed by atoms with E-state index >= 15 is 0 Å². The lowest BCUT2D eigenvalue weighted by atomic mass is 10.0. The molecule has 1 aromatic rings. The van der Waals surface area contributed by atoms with E-state index in [1.807, 2.05) is 6.07 Å². The van der Waals surface area contributed by atoms with Crippen LogP contribution in [0.2, 0.25) is 0 Å². The standard InChI is InChI=1S/C13H11F3N2O/c1-8-9(7-17)6-12(19)18(8)11-4-2-10(3-5-11)13(14,15)16/h2-5,8-9H,6H2,1H3. The van der Waals surface area contributed by atoms with Gasteiger partial charge >= 0.3 is 6.18 Å². The highest BCUT2D eigenvalue weighted by Crippen LogP contribution is 2.34. The van der Waals surface area contributed by atoms with Gasteiger partial charge in [-0.25, -0.2) is 0 Å². The van der Waals surface area contributed by atoms with Crippen LogP contribution in [0.25, 0.3) is 0 Å². The number of hydrogen-bond acceptors (Lipinski definition) is 2. The number of amides is 1. The molecule has 19 heavy (non-hydrogen) atoms. The van der Waals surface area contributed by atoms with Crippen molar-refractivity contribution < 1.29 is 18.0 Å². The topological polar surface area (TPSA) is 44.1 Å². The highest BCUT2D eigenvalue weighted by atomic mass is 19.4. The molecule has 0 radical (unpaired) electrons. The van der Waals surface area contributed by atoms with Crippen LogP contribution in [0.4, 0.5) is 18.9 Å². The quantitative estimate of drug-likeness (QED) is 0.786. The van der Waals surface area contributed by atoms with Crippen LogP contribution < -0.4 is 4.90 Å². The van der Waals surface area contributed by atoms with Crippen LogP contribution in [0, 0.1) is 17.2 Å². The van der Waals surface area contributed by atoms with Crippen molar-refractivity contribution in [3.8, 4) is 6.07 Å². The predicted molar refractivity (Wildman–Crippen MR) is 62.1 cm³/mol. The summed E-state index contributed by atoms with van der Waals surface area (Å²) >= 11 is 0. The Morgan fingerprint density at radius 3 is 2.32 bits per heavy atom. The molecule has 2 rings (SSSR count). The van der Waals surface area contributed by atoms with Gasteiger partial charge in [-0.15, -0.1) is 0 Å². The first-order valence-electron chi connectivity index (χ1n) is 5.73. The molecule has 1 saturated heterocycles. The average molecular weight is 268 g/mol. The third kappa shape index (κ3) is 2.41. The average Bonchev–Trinajstić information content (AvgIpc) is 2.63. The van der Waals surface area contributed by atoms with Crippen molar-refractivity contribution in [1.29, 1.82) is 5.26 Å². The van der Waals surface area contributed by atoms with Crippen molar-refractivity contribution >= 4 is 11.6 Å². The van der Waals surface area contributed by atoms with E-state index in [0.29, 0.717) is 5.69 Å². The zero-order valence-corrected chi connectivity index (χ0v) is 10.1. The summed E-state index contributed by atoms with van der Waals surface area (Å²) in [7, 11) is 0. The minimum absolute atomic E-state index is 0.110. The van der Waals surface area contributed by atoms with Gasteiger partial charge in [0.15, 0.2) is 0 Å². The Kier molecular flexibility index (Phi) is 3.23. The van der Waals surface area contributed by atoms with E-state index in [9.17, 15) is 18.0 Å². The van der Waals surface area contributed by atoms with Gasteiger partial charge in [0.25, 0.3) is 0 Å². The lowest BCUT2D eigenvalue weighted by molar-refractivity contribution is -0.137. The second-order valence-corrected chi connectivity index (χ2v) is 4.49. The van der Waals surface area contributed by atoms with E-state index in [0.717, 1.165) is 12.1 Å². The van der Waals surface area contributed by atoms with Gasteiger partial charge < -0.3 is 4.90 Å². The molecule has 0 saturated carbocycles. The maximum atomic E-state index is 12.4. The highest BCUT2D eigenvalue weighted by Gasteiger charge is 2.38. The third-order valence-corrected chi connectivity index (χ3v) is 3.29. The van der Waals surface area contributed by atoms with Gasteiger partial charge in [-0.1, -0.05) is 0 Å². The minimum atomic E-state index is -4.39. The van der Waals surface area contributed by atoms with E-state index in [4.69, 9.17) is 5.26 Å². The summed E-state index contributed by atoms with van der Waals surface area (Å²) in [6.45, 7) is 1.72. The molecule has 1 aliphatic heterocycles. The van der Waals surface area contributed by atoms with E-state index < -0.39 is 17.7 Å². The first kappa shape index (κ1) is 13.4. The van der Waals surface area contributed by atoms with Crippen LogP contribution in [0.5, 0.6) is 0 Å². The molecule has 0 aliphatic carbocycles. The van der Waals surface area contributed by atoms with Crippen LogP contribution >= 0.6 is 0 Å². The SMILES string of the molecule is CC1C(C#N)CC(=O)N1c1ccc(C(F)(F)F)cc1. The molecule has 2 unspecified atom stereocenters. The molecule has 0 N–H and O–H groups in total. The Balaban J connectivity index is 2.29. The monoisotopic (exact) mass is 268 g/mol. The van der Waals surface area contributed by atoms with Crippen LogP contribution in [0.3, 0.4) is 0 Å². The van der Waals surface area contributed by atoms with E-state index in [1.54, 1.807) is 6.92 Å². The fourth-order valence-corrected chi connectivity index (χ4v) is 2.21. The summed E-state index contributed by atoms with van der Waals surface area (Å²) in [5.41, 5.74) is -0.365. The number of nitrogens with zero attached hydrogens (tertiary/aromatic N) is 2. The molecule has 1 aromatic carbocycles. The molecule has 2 atom stereocenters. The van der Waals surface area contributed by atoms with Crippen LogP contribution in [0.15, 0.2) is 24.3 Å². The number of carbonyl (C=O) groups is 1. The fourth-order valence-electron chi connectivity index (χ4n) is 2.21. The molecule has 1 fully saturated rings. The molecule has 3 nitrogen and oxygen atoms in total. The first-order valence-corrected chi connectivity index (χ1v) is 5.73. The molecule has 0 spiro atoms. The Labute approximate surface area is 108 Å². The van der Waals surface area contributed by atoms with Crippen molar-refractivity contribution in [3.05, 3.63) is 29.8 Å². The molecule has 1 aliphatic rings. The largest absolute Gasteiger partial charge is 0.416 e. The molecule has 0 bridgehead atoms. The number of hydrogen-bond donors (Lipinski definition) is 0. The fraction of sp³-hybridized carbons (Fsp3) is 0.385. The highest BCUT2D eigenvalue weighted by molar-refractivity contribution is 5.96. The van der Waals surface area contributed by atoms with Gasteiger partial charge in [0.1, 0.15) is 0 Å². The summed E-state index contributed by atoms with van der Waals surface area (Å²) in [4.78, 5) is 13.2. The van der Waals surface area contributed by atoms with Crippen molar-refractivity contribution in [3.63, 3.8) is 0 Å². The smallest absolute Gasteiger partial charge is 0.308 e. The van der Waals surface area contributed by atoms with E-state index in [-0.39, 0.29) is 18.4 Å². The van der Waals surface area contributed by atoms with Gasteiger partial charge in [0.05, 0.1) is 23.6 Å². The third-order valence-electron chi connectivity index (χ3n) is 3.29. The Morgan fingerprint density at radius 2 is 1.89 bits per heavy atom. The normalized spacial score (nSPS) is 23.5. The lowest BCUT2D eigenvalue weighted by Gasteiger charge is -2.23. The molecular formula is C13H11F3N2O. The molecule has 1 amide bonds. The molecule has 6 heteroatoms. The van der Waals surface area contributed by atoms with Crippen LogP contribution in [-0.2, 0) is 11.0 Å². The number of rotatable bonds is 1. The molecular weight excluding hydrogens is 257 g/mol. The van der Waals surface area contributed by atoms with Crippen LogP contribution in [-0.4, -0.2) is 11.9 Å². The zero-order valence-electron chi connectivity index (χ0n) is 10.1. The zero-order chi connectivity index (χ0) is 14.2. The van der Waals surface area contributed by atoms with Crippen molar-refractivity contribution in [2.75, 3.05) is 4.90 Å². The van der Waals surface area contributed by atoms with Gasteiger partial charge in [-0.05, 0) is 31.2 Å².